The highest BCUT2D eigenvalue weighted by Gasteiger charge is 2.15. The maximum absolute atomic E-state index is 12.2. The van der Waals surface area contributed by atoms with Crippen LogP contribution < -0.4 is 15.4 Å². The molecule has 4 nitrogen and oxygen atoms in total. The zero-order valence-corrected chi connectivity index (χ0v) is 14.6. The molecule has 1 saturated carbocycles. The normalized spacial score (nSPS) is 21.6. The summed E-state index contributed by atoms with van der Waals surface area (Å²) < 4.78 is 5.89. The molecule has 0 spiro atoms. The highest BCUT2D eigenvalue weighted by Crippen LogP contribution is 2.24. The molecule has 0 radical (unpaired) electrons. The fourth-order valence-corrected chi connectivity index (χ4v) is 3.72. The van der Waals surface area contributed by atoms with Crippen molar-refractivity contribution in [1.29, 1.82) is 0 Å². The smallest absolute Gasteiger partial charge is 0.251 e. The summed E-state index contributed by atoms with van der Waals surface area (Å²) in [5, 5.41) is 6.38. The van der Waals surface area contributed by atoms with Gasteiger partial charge in [0.2, 0.25) is 0 Å². The van der Waals surface area contributed by atoms with Crippen molar-refractivity contribution in [1.82, 2.24) is 10.6 Å². The van der Waals surface area contributed by atoms with Crippen molar-refractivity contribution in [3.63, 3.8) is 0 Å². The predicted octanol–water partition coefficient (Wildman–Crippen LogP) is 3.38. The Labute approximate surface area is 145 Å². The number of rotatable bonds is 7. The van der Waals surface area contributed by atoms with Gasteiger partial charge in [0.1, 0.15) is 5.75 Å². The van der Waals surface area contributed by atoms with Crippen molar-refractivity contribution >= 4 is 5.91 Å². The van der Waals surface area contributed by atoms with Gasteiger partial charge in [0, 0.05) is 12.1 Å². The minimum Gasteiger partial charge on any atom is -0.493 e. The van der Waals surface area contributed by atoms with Gasteiger partial charge in [0.15, 0.2) is 0 Å². The Morgan fingerprint density at radius 1 is 1.08 bits per heavy atom. The van der Waals surface area contributed by atoms with Crippen LogP contribution in [-0.2, 0) is 0 Å². The minimum atomic E-state index is 0.0137. The van der Waals surface area contributed by atoms with E-state index < -0.39 is 0 Å². The van der Waals surface area contributed by atoms with Crippen LogP contribution in [0.4, 0.5) is 0 Å². The van der Waals surface area contributed by atoms with Gasteiger partial charge in [-0.15, -0.1) is 0 Å². The lowest BCUT2D eigenvalue weighted by molar-refractivity contribution is 0.0951. The first kappa shape index (κ1) is 17.3. The van der Waals surface area contributed by atoms with E-state index in [9.17, 15) is 4.79 Å². The summed E-state index contributed by atoms with van der Waals surface area (Å²) in [6.45, 7) is 3.76. The highest BCUT2D eigenvalue weighted by molar-refractivity contribution is 5.94. The number of hydrogen-bond acceptors (Lipinski definition) is 3. The third-order valence-electron chi connectivity index (χ3n) is 5.33. The van der Waals surface area contributed by atoms with Crippen molar-refractivity contribution in [2.75, 3.05) is 26.2 Å². The van der Waals surface area contributed by atoms with Crippen molar-refractivity contribution in [2.45, 2.75) is 44.9 Å². The molecule has 1 atom stereocenters. The monoisotopic (exact) mass is 330 g/mol. The average molecular weight is 330 g/mol. The molecule has 2 fully saturated rings. The van der Waals surface area contributed by atoms with Crippen LogP contribution in [0.15, 0.2) is 24.3 Å². The second-order valence-corrected chi connectivity index (χ2v) is 7.24. The molecule has 1 aromatic carbocycles. The van der Waals surface area contributed by atoms with Crippen molar-refractivity contribution in [2.24, 2.45) is 11.8 Å². The number of benzene rings is 1. The third-order valence-corrected chi connectivity index (χ3v) is 5.33. The van der Waals surface area contributed by atoms with Crippen LogP contribution in [-0.4, -0.2) is 32.1 Å². The molecule has 3 rings (SSSR count). The summed E-state index contributed by atoms with van der Waals surface area (Å²) in [7, 11) is 0. The second-order valence-electron chi connectivity index (χ2n) is 7.24. The molecule has 4 heteroatoms. The lowest BCUT2D eigenvalue weighted by Crippen LogP contribution is -2.26. The summed E-state index contributed by atoms with van der Waals surface area (Å²) in [6.07, 6.45) is 8.91. The number of carbonyl (C=O) groups is 1. The van der Waals surface area contributed by atoms with E-state index in [0.717, 1.165) is 38.4 Å². The summed E-state index contributed by atoms with van der Waals surface area (Å²) in [5.74, 6) is 2.29. The van der Waals surface area contributed by atoms with Crippen LogP contribution in [0.2, 0.25) is 0 Å². The molecule has 1 saturated heterocycles. The topological polar surface area (TPSA) is 50.4 Å². The van der Waals surface area contributed by atoms with E-state index in [0.29, 0.717) is 17.4 Å². The zero-order chi connectivity index (χ0) is 16.6. The molecule has 1 unspecified atom stereocenters. The first-order chi connectivity index (χ1) is 11.8. The molecule has 0 bridgehead atoms. The van der Waals surface area contributed by atoms with Gasteiger partial charge in [0.05, 0.1) is 6.61 Å². The standard InChI is InChI=1S/C20H30N2O2/c23-20(22-13-11-16-10-12-21-14-16)18-6-8-19(9-7-18)24-15-17-4-2-1-3-5-17/h6-9,16-17,21H,1-5,10-15H2,(H,22,23). The van der Waals surface area contributed by atoms with Crippen LogP contribution in [0.5, 0.6) is 5.75 Å². The Balaban J connectivity index is 1.38. The van der Waals surface area contributed by atoms with E-state index in [1.54, 1.807) is 0 Å². The average Bonchev–Trinajstić information content (AvgIpc) is 3.15. The molecule has 0 aromatic heterocycles. The molecule has 1 aliphatic heterocycles. The Morgan fingerprint density at radius 2 is 1.88 bits per heavy atom. The van der Waals surface area contributed by atoms with Crippen LogP contribution in [0, 0.1) is 11.8 Å². The third kappa shape index (κ3) is 5.23. The number of hydrogen-bond donors (Lipinski definition) is 2. The maximum Gasteiger partial charge on any atom is 0.251 e. The Kier molecular flexibility index (Phi) is 6.53. The highest BCUT2D eigenvalue weighted by atomic mass is 16.5. The number of ether oxygens (including phenoxy) is 1. The van der Waals surface area contributed by atoms with Crippen molar-refractivity contribution in [3.8, 4) is 5.75 Å². The number of carbonyl (C=O) groups excluding carboxylic acids is 1. The van der Waals surface area contributed by atoms with Gasteiger partial charge in [-0.1, -0.05) is 19.3 Å². The second kappa shape index (κ2) is 9.07. The van der Waals surface area contributed by atoms with Gasteiger partial charge in [0.25, 0.3) is 5.91 Å². The molecule has 24 heavy (non-hydrogen) atoms. The molecule has 1 amide bonds. The van der Waals surface area contributed by atoms with Gasteiger partial charge in [-0.3, -0.25) is 4.79 Å². The number of nitrogens with one attached hydrogen (secondary N) is 2. The van der Waals surface area contributed by atoms with E-state index in [1.807, 2.05) is 24.3 Å². The first-order valence-electron chi connectivity index (χ1n) is 9.53. The lowest BCUT2D eigenvalue weighted by Gasteiger charge is -2.21. The van der Waals surface area contributed by atoms with Crippen LogP contribution >= 0.6 is 0 Å². The summed E-state index contributed by atoms with van der Waals surface area (Å²) in [4.78, 5) is 12.2. The quantitative estimate of drug-likeness (QED) is 0.806. The van der Waals surface area contributed by atoms with Gasteiger partial charge in [-0.2, -0.15) is 0 Å². The van der Waals surface area contributed by atoms with Gasteiger partial charge in [-0.05, 0) is 74.9 Å². The summed E-state index contributed by atoms with van der Waals surface area (Å²) >= 11 is 0. The maximum atomic E-state index is 12.2. The SMILES string of the molecule is O=C(NCCC1CCNC1)c1ccc(OCC2CCCCC2)cc1. The van der Waals surface area contributed by atoms with Crippen LogP contribution in [0.1, 0.15) is 55.3 Å². The molecular formula is C20H30N2O2. The molecule has 2 N–H and O–H groups in total. The summed E-state index contributed by atoms with van der Waals surface area (Å²) in [5.41, 5.74) is 0.713. The van der Waals surface area contributed by atoms with Crippen molar-refractivity contribution < 1.29 is 9.53 Å². The minimum absolute atomic E-state index is 0.0137. The fraction of sp³-hybridized carbons (Fsp3) is 0.650. The Hall–Kier alpha value is -1.55. The largest absolute Gasteiger partial charge is 0.493 e. The molecule has 1 aromatic rings. The summed E-state index contributed by atoms with van der Waals surface area (Å²) in [6, 6.07) is 7.56. The Morgan fingerprint density at radius 3 is 2.58 bits per heavy atom. The van der Waals surface area contributed by atoms with Crippen LogP contribution in [0.3, 0.4) is 0 Å². The molecule has 1 aliphatic carbocycles. The van der Waals surface area contributed by atoms with E-state index in [-0.39, 0.29) is 5.91 Å². The van der Waals surface area contributed by atoms with E-state index in [4.69, 9.17) is 4.74 Å². The number of amides is 1. The van der Waals surface area contributed by atoms with Crippen molar-refractivity contribution in [3.05, 3.63) is 29.8 Å². The fourth-order valence-electron chi connectivity index (χ4n) is 3.72. The molecular weight excluding hydrogens is 300 g/mol. The van der Waals surface area contributed by atoms with Crippen LogP contribution in [0.25, 0.3) is 0 Å². The lowest BCUT2D eigenvalue weighted by atomic mass is 9.90. The Bertz CT molecular complexity index is 503. The molecule has 1 heterocycles. The van der Waals surface area contributed by atoms with Gasteiger partial charge in [-0.25, -0.2) is 0 Å². The van der Waals surface area contributed by atoms with Gasteiger partial charge >= 0.3 is 0 Å². The van der Waals surface area contributed by atoms with E-state index in [2.05, 4.69) is 10.6 Å². The molecule has 2 aliphatic rings. The zero-order valence-electron chi connectivity index (χ0n) is 14.6. The molecule has 132 valence electrons. The van der Waals surface area contributed by atoms with E-state index in [1.165, 1.54) is 38.5 Å². The van der Waals surface area contributed by atoms with E-state index >= 15 is 0 Å². The first-order valence-corrected chi connectivity index (χ1v) is 9.53. The predicted molar refractivity (Wildman–Crippen MR) is 96.4 cm³/mol. The van der Waals surface area contributed by atoms with Gasteiger partial charge < -0.3 is 15.4 Å².